The van der Waals surface area contributed by atoms with Gasteiger partial charge in [0, 0.05) is 18.0 Å². The van der Waals surface area contributed by atoms with Crippen LogP contribution in [0.15, 0.2) is 29.1 Å². The lowest BCUT2D eigenvalue weighted by Crippen LogP contribution is -2.20. The van der Waals surface area contributed by atoms with E-state index in [1.165, 1.54) is 7.11 Å². The van der Waals surface area contributed by atoms with Crippen molar-refractivity contribution in [3.63, 3.8) is 0 Å². The van der Waals surface area contributed by atoms with Crippen molar-refractivity contribution in [3.05, 3.63) is 40.2 Å². The van der Waals surface area contributed by atoms with E-state index in [1.54, 1.807) is 11.6 Å². The molecule has 0 atom stereocenters. The van der Waals surface area contributed by atoms with Gasteiger partial charge in [-0.3, -0.25) is 4.79 Å². The average molecular weight is 203 g/mol. The summed E-state index contributed by atoms with van der Waals surface area (Å²) in [4.78, 5) is 11.9. The number of pyridine rings is 1. The molecule has 0 spiro atoms. The Morgan fingerprint density at radius 1 is 1.27 bits per heavy atom. The van der Waals surface area contributed by atoms with Gasteiger partial charge in [-0.05, 0) is 13.0 Å². The molecule has 1 heterocycles. The Hall–Kier alpha value is -1.77. The first-order valence-corrected chi connectivity index (χ1v) is 4.79. The first-order valence-electron chi connectivity index (χ1n) is 4.79. The van der Waals surface area contributed by atoms with Crippen LogP contribution in [0, 0.1) is 6.92 Å². The maximum Gasteiger partial charge on any atom is 0.293 e. The number of benzene rings is 1. The van der Waals surface area contributed by atoms with Crippen LogP contribution in [0.25, 0.3) is 10.9 Å². The van der Waals surface area contributed by atoms with Crippen LogP contribution >= 0.6 is 0 Å². The highest BCUT2D eigenvalue weighted by Gasteiger charge is 2.11. The summed E-state index contributed by atoms with van der Waals surface area (Å²) < 4.78 is 6.74. The quantitative estimate of drug-likeness (QED) is 0.708. The van der Waals surface area contributed by atoms with Crippen molar-refractivity contribution in [2.24, 2.45) is 7.05 Å². The molecule has 78 valence electrons. The van der Waals surface area contributed by atoms with Crippen molar-refractivity contribution >= 4 is 10.9 Å². The minimum atomic E-state index is -0.0892. The van der Waals surface area contributed by atoms with Crippen LogP contribution in [0.1, 0.15) is 5.56 Å². The number of fused-ring (bicyclic) bond motifs is 1. The first-order chi connectivity index (χ1) is 7.16. The Labute approximate surface area is 87.9 Å². The summed E-state index contributed by atoms with van der Waals surface area (Å²) in [6, 6.07) is 7.81. The van der Waals surface area contributed by atoms with Crippen LogP contribution in [0.4, 0.5) is 0 Å². The molecule has 0 amide bonds. The van der Waals surface area contributed by atoms with E-state index in [2.05, 4.69) is 0 Å². The predicted octanol–water partition coefficient (Wildman–Crippen LogP) is 1.86. The number of para-hydroxylation sites is 1. The highest BCUT2D eigenvalue weighted by molar-refractivity contribution is 5.84. The van der Waals surface area contributed by atoms with Gasteiger partial charge in [0.1, 0.15) is 0 Å². The third-order valence-corrected chi connectivity index (χ3v) is 2.71. The van der Waals surface area contributed by atoms with Gasteiger partial charge in [0.15, 0.2) is 5.75 Å². The van der Waals surface area contributed by atoms with Crippen molar-refractivity contribution in [3.8, 4) is 5.75 Å². The van der Waals surface area contributed by atoms with E-state index in [0.29, 0.717) is 5.75 Å². The zero-order valence-electron chi connectivity index (χ0n) is 9.07. The average Bonchev–Trinajstić information content (AvgIpc) is 2.27. The molecule has 0 aliphatic carbocycles. The Bertz CT molecular complexity index is 570. The van der Waals surface area contributed by atoms with Crippen molar-refractivity contribution in [1.29, 1.82) is 0 Å². The third kappa shape index (κ3) is 1.31. The van der Waals surface area contributed by atoms with E-state index in [9.17, 15) is 4.79 Å². The summed E-state index contributed by atoms with van der Waals surface area (Å²) in [7, 11) is 3.28. The van der Waals surface area contributed by atoms with Gasteiger partial charge in [-0.1, -0.05) is 18.2 Å². The third-order valence-electron chi connectivity index (χ3n) is 2.71. The molecule has 2 aromatic rings. The zero-order chi connectivity index (χ0) is 11.0. The SMILES string of the molecule is COc1c(C)c2ccccc2n(C)c1=O. The zero-order valence-corrected chi connectivity index (χ0v) is 9.07. The maximum atomic E-state index is 11.9. The number of methoxy groups -OCH3 is 1. The molecule has 0 fully saturated rings. The number of ether oxygens (including phenoxy) is 1. The predicted molar refractivity (Wildman–Crippen MR) is 60.5 cm³/mol. The largest absolute Gasteiger partial charge is 0.491 e. The molecule has 0 bridgehead atoms. The Morgan fingerprint density at radius 2 is 1.93 bits per heavy atom. The second kappa shape index (κ2) is 3.42. The molecule has 3 nitrogen and oxygen atoms in total. The molecule has 3 heteroatoms. The second-order valence-electron chi connectivity index (χ2n) is 3.54. The fourth-order valence-electron chi connectivity index (χ4n) is 1.87. The first kappa shape index (κ1) is 9.77. The Balaban J connectivity index is 3.03. The lowest BCUT2D eigenvalue weighted by atomic mass is 10.1. The van der Waals surface area contributed by atoms with E-state index < -0.39 is 0 Å². The van der Waals surface area contributed by atoms with E-state index in [4.69, 9.17) is 4.74 Å². The fourth-order valence-corrected chi connectivity index (χ4v) is 1.87. The number of rotatable bonds is 1. The standard InChI is InChI=1S/C12H13NO2/c1-8-9-6-4-5-7-10(9)13(2)12(14)11(8)15-3/h4-7H,1-3H3. The molecule has 0 aliphatic heterocycles. The normalized spacial score (nSPS) is 10.6. The van der Waals surface area contributed by atoms with Gasteiger partial charge in [0.05, 0.1) is 12.6 Å². The minimum absolute atomic E-state index is 0.0892. The molecule has 0 aliphatic rings. The highest BCUT2D eigenvalue weighted by atomic mass is 16.5. The summed E-state index contributed by atoms with van der Waals surface area (Å²) in [6.07, 6.45) is 0. The van der Waals surface area contributed by atoms with E-state index in [-0.39, 0.29) is 5.56 Å². The minimum Gasteiger partial charge on any atom is -0.491 e. The second-order valence-corrected chi connectivity index (χ2v) is 3.54. The molecule has 15 heavy (non-hydrogen) atoms. The molecule has 0 saturated heterocycles. The molecule has 1 aromatic heterocycles. The molecule has 0 saturated carbocycles. The van der Waals surface area contributed by atoms with Crippen molar-refractivity contribution < 1.29 is 4.74 Å². The molecule has 0 radical (unpaired) electrons. The maximum absolute atomic E-state index is 11.9. The number of aromatic nitrogens is 1. The fraction of sp³-hybridized carbons (Fsp3) is 0.250. The number of hydrogen-bond acceptors (Lipinski definition) is 2. The number of hydrogen-bond donors (Lipinski definition) is 0. The molecular formula is C12H13NO2. The van der Waals surface area contributed by atoms with Crippen LogP contribution in [-0.2, 0) is 7.05 Å². The number of nitrogens with zero attached hydrogens (tertiary/aromatic N) is 1. The smallest absolute Gasteiger partial charge is 0.293 e. The van der Waals surface area contributed by atoms with Crippen LogP contribution in [0.3, 0.4) is 0 Å². The molecule has 2 rings (SSSR count). The summed E-state index contributed by atoms with van der Waals surface area (Å²) in [6.45, 7) is 1.91. The molecule has 1 aromatic carbocycles. The van der Waals surface area contributed by atoms with Gasteiger partial charge >= 0.3 is 0 Å². The lowest BCUT2D eigenvalue weighted by molar-refractivity contribution is 0.403. The van der Waals surface area contributed by atoms with Gasteiger partial charge in [-0.25, -0.2) is 0 Å². The van der Waals surface area contributed by atoms with Crippen molar-refractivity contribution in [2.75, 3.05) is 7.11 Å². The van der Waals surface area contributed by atoms with Crippen molar-refractivity contribution in [1.82, 2.24) is 4.57 Å². The molecule has 0 N–H and O–H groups in total. The van der Waals surface area contributed by atoms with Crippen LogP contribution in [0.5, 0.6) is 5.75 Å². The highest BCUT2D eigenvalue weighted by Crippen LogP contribution is 2.22. The van der Waals surface area contributed by atoms with E-state index in [0.717, 1.165) is 16.5 Å². The van der Waals surface area contributed by atoms with Crippen LogP contribution in [0.2, 0.25) is 0 Å². The van der Waals surface area contributed by atoms with E-state index >= 15 is 0 Å². The summed E-state index contributed by atoms with van der Waals surface area (Å²) in [5.74, 6) is 0.427. The topological polar surface area (TPSA) is 31.2 Å². The summed E-state index contributed by atoms with van der Waals surface area (Å²) in [5, 5.41) is 1.05. The van der Waals surface area contributed by atoms with Gasteiger partial charge in [-0.15, -0.1) is 0 Å². The summed E-state index contributed by atoms with van der Waals surface area (Å²) in [5.41, 5.74) is 1.74. The van der Waals surface area contributed by atoms with E-state index in [1.807, 2.05) is 31.2 Å². The molecule has 0 unspecified atom stereocenters. The monoisotopic (exact) mass is 203 g/mol. The van der Waals surface area contributed by atoms with Crippen LogP contribution < -0.4 is 10.3 Å². The van der Waals surface area contributed by atoms with Gasteiger partial charge in [0.2, 0.25) is 0 Å². The van der Waals surface area contributed by atoms with Gasteiger partial charge in [0.25, 0.3) is 5.56 Å². The Morgan fingerprint density at radius 3 is 2.60 bits per heavy atom. The molecular weight excluding hydrogens is 190 g/mol. The van der Waals surface area contributed by atoms with Crippen LogP contribution in [-0.4, -0.2) is 11.7 Å². The summed E-state index contributed by atoms with van der Waals surface area (Å²) >= 11 is 0. The van der Waals surface area contributed by atoms with Gasteiger partial charge in [-0.2, -0.15) is 0 Å². The number of aryl methyl sites for hydroxylation is 2. The Kier molecular flexibility index (Phi) is 2.23. The lowest BCUT2D eigenvalue weighted by Gasteiger charge is -2.11. The van der Waals surface area contributed by atoms with Crippen molar-refractivity contribution in [2.45, 2.75) is 6.92 Å². The van der Waals surface area contributed by atoms with Gasteiger partial charge < -0.3 is 9.30 Å².